The van der Waals surface area contributed by atoms with Gasteiger partial charge in [-0.3, -0.25) is 9.36 Å². The second kappa shape index (κ2) is 8.16. The molecule has 0 bridgehead atoms. The molecule has 2 aromatic rings. The van der Waals surface area contributed by atoms with Gasteiger partial charge in [0.25, 0.3) is 5.91 Å². The Labute approximate surface area is 169 Å². The molecule has 2 atom stereocenters. The molecule has 2 aliphatic rings. The fourth-order valence-electron chi connectivity index (χ4n) is 4.75. The summed E-state index contributed by atoms with van der Waals surface area (Å²) in [5.41, 5.74) is 0.194. The van der Waals surface area contributed by atoms with E-state index in [0.29, 0.717) is 11.7 Å². The minimum Gasteiger partial charge on any atom is -0.452 e. The van der Waals surface area contributed by atoms with E-state index in [-0.39, 0.29) is 35.6 Å². The lowest BCUT2D eigenvalue weighted by Crippen LogP contribution is -2.50. The molecule has 0 aromatic carbocycles. The van der Waals surface area contributed by atoms with E-state index in [2.05, 4.69) is 0 Å². The summed E-state index contributed by atoms with van der Waals surface area (Å²) in [7, 11) is 0. The van der Waals surface area contributed by atoms with Gasteiger partial charge in [0.05, 0.1) is 0 Å². The number of aromatic nitrogens is 1. The molecule has 152 valence electrons. The van der Waals surface area contributed by atoms with E-state index >= 15 is 0 Å². The predicted octanol–water partition coefficient (Wildman–Crippen LogP) is 3.59. The van der Waals surface area contributed by atoms with Gasteiger partial charge in [0, 0.05) is 25.0 Å². The highest BCUT2D eigenvalue weighted by molar-refractivity contribution is 5.95. The lowest BCUT2D eigenvalue weighted by molar-refractivity contribution is -0.140. The Morgan fingerprint density at radius 3 is 2.69 bits per heavy atom. The van der Waals surface area contributed by atoms with Gasteiger partial charge in [-0.25, -0.2) is 4.79 Å². The topological polar surface area (TPSA) is 88.5 Å². The van der Waals surface area contributed by atoms with Crippen LogP contribution in [-0.2, 0) is 9.53 Å². The molecule has 1 amide bonds. The number of esters is 1. The molecule has 2 aromatic heterocycles. The van der Waals surface area contributed by atoms with Gasteiger partial charge in [-0.05, 0) is 50.7 Å². The molecule has 0 spiro atoms. The fraction of sp³-hybridized carbons (Fsp3) is 0.500. The Balaban J connectivity index is 1.46. The maximum Gasteiger partial charge on any atom is 0.343 e. The van der Waals surface area contributed by atoms with Crippen molar-refractivity contribution in [2.75, 3.05) is 13.2 Å². The first-order valence-electron chi connectivity index (χ1n) is 10.2. The van der Waals surface area contributed by atoms with Crippen LogP contribution < -0.4 is 0 Å². The molecule has 4 rings (SSSR count). The van der Waals surface area contributed by atoms with Crippen molar-refractivity contribution in [3.8, 4) is 12.0 Å². The number of piperidine rings is 1. The van der Waals surface area contributed by atoms with Crippen LogP contribution >= 0.6 is 0 Å². The number of hydrogen-bond acceptors (Lipinski definition) is 5. The van der Waals surface area contributed by atoms with Crippen LogP contribution in [0.5, 0.6) is 0 Å². The number of nitriles is 1. The zero-order chi connectivity index (χ0) is 20.4. The first-order chi connectivity index (χ1) is 14.1. The van der Waals surface area contributed by atoms with E-state index in [9.17, 15) is 14.9 Å². The van der Waals surface area contributed by atoms with Crippen molar-refractivity contribution in [3.05, 3.63) is 41.4 Å². The molecule has 1 aliphatic heterocycles. The van der Waals surface area contributed by atoms with Crippen molar-refractivity contribution in [1.82, 2.24) is 9.47 Å². The summed E-state index contributed by atoms with van der Waals surface area (Å²) >= 11 is 0. The third-order valence-electron chi connectivity index (χ3n) is 6.11. The maximum absolute atomic E-state index is 12.8. The number of hydrogen-bond donors (Lipinski definition) is 0. The smallest absolute Gasteiger partial charge is 0.343 e. The van der Waals surface area contributed by atoms with Gasteiger partial charge < -0.3 is 14.1 Å². The van der Waals surface area contributed by atoms with Crippen LogP contribution in [0.1, 0.15) is 60.2 Å². The van der Waals surface area contributed by atoms with Crippen LogP contribution in [0.4, 0.5) is 0 Å². The molecule has 0 unspecified atom stereocenters. The number of ether oxygens (including phenoxy) is 1. The van der Waals surface area contributed by atoms with E-state index in [4.69, 9.17) is 9.15 Å². The van der Waals surface area contributed by atoms with Gasteiger partial charge in [0.2, 0.25) is 5.88 Å². The molecular weight excluding hydrogens is 370 g/mol. The Hall–Kier alpha value is -3.01. The van der Waals surface area contributed by atoms with Crippen LogP contribution in [0.15, 0.2) is 28.9 Å². The summed E-state index contributed by atoms with van der Waals surface area (Å²) < 4.78 is 12.6. The molecular formula is C22H25N3O4. The highest BCUT2D eigenvalue weighted by Gasteiger charge is 2.36. The number of carbonyl (C=O) groups excluding carboxylic acids is 2. The zero-order valence-electron chi connectivity index (χ0n) is 16.6. The Kier molecular flexibility index (Phi) is 5.43. The number of amides is 1. The predicted molar refractivity (Wildman–Crippen MR) is 104 cm³/mol. The number of nitrogens with zero attached hydrogens (tertiary/aromatic N) is 3. The van der Waals surface area contributed by atoms with Crippen LogP contribution in [-0.4, -0.2) is 40.5 Å². The summed E-state index contributed by atoms with van der Waals surface area (Å²) in [6.45, 7) is 2.03. The minimum absolute atomic E-state index is 0.0817. The Bertz CT molecular complexity index is 936. The first kappa shape index (κ1) is 19.3. The van der Waals surface area contributed by atoms with Crippen molar-refractivity contribution in [2.24, 2.45) is 5.92 Å². The molecule has 2 fully saturated rings. The zero-order valence-corrected chi connectivity index (χ0v) is 16.6. The van der Waals surface area contributed by atoms with Crippen LogP contribution in [0.2, 0.25) is 0 Å². The van der Waals surface area contributed by atoms with Crippen molar-refractivity contribution in [1.29, 1.82) is 5.26 Å². The normalized spacial score (nSPS) is 21.3. The molecule has 1 saturated carbocycles. The maximum atomic E-state index is 12.8. The summed E-state index contributed by atoms with van der Waals surface area (Å²) in [5.74, 6) is 0.289. The van der Waals surface area contributed by atoms with E-state index in [0.717, 1.165) is 25.8 Å². The SMILES string of the molecule is Cc1oc(-n2cccc2)c(C#N)c1C(=O)OCC(=O)N1CCC[C@@H]2CCCC[C@@H]21. The quantitative estimate of drug-likeness (QED) is 0.738. The fourth-order valence-corrected chi connectivity index (χ4v) is 4.75. The molecule has 7 heteroatoms. The summed E-state index contributed by atoms with van der Waals surface area (Å²) in [4.78, 5) is 27.4. The number of carbonyl (C=O) groups is 2. The third-order valence-corrected chi connectivity index (χ3v) is 6.11. The van der Waals surface area contributed by atoms with Crippen LogP contribution in [0, 0.1) is 24.2 Å². The molecule has 3 heterocycles. The van der Waals surface area contributed by atoms with Gasteiger partial charge in [0.15, 0.2) is 6.61 Å². The van der Waals surface area contributed by atoms with Gasteiger partial charge in [-0.15, -0.1) is 0 Å². The third kappa shape index (κ3) is 3.67. The van der Waals surface area contributed by atoms with Crippen LogP contribution in [0.25, 0.3) is 5.88 Å². The molecule has 0 radical (unpaired) electrons. The Morgan fingerprint density at radius 1 is 1.21 bits per heavy atom. The molecule has 1 saturated heterocycles. The first-order valence-corrected chi connectivity index (χ1v) is 10.2. The largest absolute Gasteiger partial charge is 0.452 e. The molecule has 29 heavy (non-hydrogen) atoms. The van der Waals surface area contributed by atoms with Gasteiger partial charge in [0.1, 0.15) is 23.0 Å². The van der Waals surface area contributed by atoms with Gasteiger partial charge in [-0.1, -0.05) is 12.8 Å². The van der Waals surface area contributed by atoms with E-state index in [1.54, 1.807) is 36.0 Å². The lowest BCUT2D eigenvalue weighted by atomic mass is 9.78. The number of rotatable bonds is 4. The molecule has 7 nitrogen and oxygen atoms in total. The number of fused-ring (bicyclic) bond motifs is 1. The van der Waals surface area contributed by atoms with Crippen molar-refractivity contribution in [3.63, 3.8) is 0 Å². The van der Waals surface area contributed by atoms with E-state index in [1.165, 1.54) is 19.3 Å². The number of furan rings is 1. The second-order valence-corrected chi connectivity index (χ2v) is 7.83. The molecule has 1 aliphatic carbocycles. The average Bonchev–Trinajstić information content (AvgIpc) is 3.38. The molecule has 0 N–H and O–H groups in total. The number of likely N-dealkylation sites (tertiary alicyclic amines) is 1. The highest BCUT2D eigenvalue weighted by Crippen LogP contribution is 2.35. The average molecular weight is 395 g/mol. The van der Waals surface area contributed by atoms with Gasteiger partial charge in [-0.2, -0.15) is 5.26 Å². The van der Waals surface area contributed by atoms with E-state index in [1.807, 2.05) is 11.0 Å². The Morgan fingerprint density at radius 2 is 1.93 bits per heavy atom. The standard InChI is InChI=1S/C22H25N3O4/c1-15-20(17(13-23)21(29-15)24-10-4-5-11-24)22(27)28-14-19(26)25-12-6-8-16-7-2-3-9-18(16)25/h4-5,10-11,16,18H,2-3,6-9,12,14H2,1H3/t16-,18-/m0/s1. The van der Waals surface area contributed by atoms with Crippen LogP contribution in [0.3, 0.4) is 0 Å². The highest BCUT2D eigenvalue weighted by atomic mass is 16.5. The number of aryl methyl sites for hydroxylation is 1. The summed E-state index contributed by atoms with van der Waals surface area (Å²) in [5, 5.41) is 9.56. The van der Waals surface area contributed by atoms with Crippen molar-refractivity contribution < 1.29 is 18.7 Å². The van der Waals surface area contributed by atoms with Crippen molar-refractivity contribution in [2.45, 2.75) is 51.5 Å². The lowest BCUT2D eigenvalue weighted by Gasteiger charge is -2.44. The summed E-state index contributed by atoms with van der Waals surface area (Å²) in [6, 6.07) is 5.90. The summed E-state index contributed by atoms with van der Waals surface area (Å²) in [6.07, 6.45) is 10.2. The minimum atomic E-state index is -0.702. The van der Waals surface area contributed by atoms with Gasteiger partial charge >= 0.3 is 5.97 Å². The van der Waals surface area contributed by atoms with E-state index < -0.39 is 5.97 Å². The monoisotopic (exact) mass is 395 g/mol. The second-order valence-electron chi connectivity index (χ2n) is 7.83. The van der Waals surface area contributed by atoms with Crippen molar-refractivity contribution >= 4 is 11.9 Å².